The predicted molar refractivity (Wildman–Crippen MR) is 113 cm³/mol. The van der Waals surface area contributed by atoms with Crippen molar-refractivity contribution in [3.63, 3.8) is 0 Å². The average molecular weight is 380 g/mol. The zero-order chi connectivity index (χ0) is 19.9. The summed E-state index contributed by atoms with van der Waals surface area (Å²) in [7, 11) is 3.72. The maximum atomic E-state index is 12.7. The number of amides is 1. The molecule has 2 rings (SSSR count). The molecule has 27 heavy (non-hydrogen) atoms. The first-order valence-electron chi connectivity index (χ1n) is 10.9. The molecule has 2 N–H and O–H groups in total. The van der Waals surface area contributed by atoms with Gasteiger partial charge in [0.1, 0.15) is 0 Å². The van der Waals surface area contributed by atoms with Crippen molar-refractivity contribution in [2.24, 2.45) is 16.3 Å². The summed E-state index contributed by atoms with van der Waals surface area (Å²) in [6, 6.07) is 0.487. The molecule has 0 aromatic rings. The van der Waals surface area contributed by atoms with Gasteiger partial charge in [-0.2, -0.15) is 0 Å². The van der Waals surface area contributed by atoms with Crippen LogP contribution in [0.1, 0.15) is 59.3 Å². The largest absolute Gasteiger partial charge is 0.357 e. The Bertz CT molecular complexity index is 499. The second-order valence-electron chi connectivity index (χ2n) is 8.85. The van der Waals surface area contributed by atoms with Crippen LogP contribution in [0.25, 0.3) is 0 Å². The fourth-order valence-corrected chi connectivity index (χ4v) is 4.54. The van der Waals surface area contributed by atoms with E-state index in [-0.39, 0.29) is 11.3 Å². The van der Waals surface area contributed by atoms with Crippen molar-refractivity contribution in [3.05, 3.63) is 0 Å². The van der Waals surface area contributed by atoms with Gasteiger partial charge in [0.05, 0.1) is 12.0 Å². The fourth-order valence-electron chi connectivity index (χ4n) is 4.54. The van der Waals surface area contributed by atoms with Crippen molar-refractivity contribution < 1.29 is 4.79 Å². The van der Waals surface area contributed by atoms with E-state index in [4.69, 9.17) is 4.99 Å². The van der Waals surface area contributed by atoms with Gasteiger partial charge in [-0.25, -0.2) is 0 Å². The van der Waals surface area contributed by atoms with Gasteiger partial charge in [0.15, 0.2) is 5.96 Å². The van der Waals surface area contributed by atoms with E-state index in [0.29, 0.717) is 12.6 Å². The minimum Gasteiger partial charge on any atom is -0.357 e. The van der Waals surface area contributed by atoms with Crippen LogP contribution in [-0.4, -0.2) is 74.5 Å². The summed E-state index contributed by atoms with van der Waals surface area (Å²) in [6.45, 7) is 11.4. The van der Waals surface area contributed by atoms with E-state index in [1.165, 1.54) is 25.9 Å². The standard InChI is InChI=1S/C21H41N5O/c1-6-22-20(23-14-18(3)26-13-9-10-17(2)15-26)24-16-21(11-7-8-12-21)19(27)25(4)5/h17-18H,6-16H2,1-5H3,(H2,22,23,24). The van der Waals surface area contributed by atoms with Crippen LogP contribution >= 0.6 is 0 Å². The molecule has 1 aliphatic heterocycles. The number of guanidine groups is 1. The number of aliphatic imine (C=N–C) groups is 1. The van der Waals surface area contributed by atoms with Crippen LogP contribution in [0.3, 0.4) is 0 Å². The number of nitrogens with zero attached hydrogens (tertiary/aromatic N) is 3. The molecule has 0 aromatic carbocycles. The van der Waals surface area contributed by atoms with Gasteiger partial charge >= 0.3 is 0 Å². The van der Waals surface area contributed by atoms with Crippen molar-refractivity contribution in [1.82, 2.24) is 20.4 Å². The third-order valence-electron chi connectivity index (χ3n) is 6.18. The number of likely N-dealkylation sites (tertiary alicyclic amines) is 1. The summed E-state index contributed by atoms with van der Waals surface area (Å²) in [5, 5.41) is 6.87. The summed E-state index contributed by atoms with van der Waals surface area (Å²) in [5.41, 5.74) is -0.306. The normalized spacial score (nSPS) is 24.5. The molecule has 0 spiro atoms. The summed E-state index contributed by atoms with van der Waals surface area (Å²) < 4.78 is 0. The van der Waals surface area contributed by atoms with E-state index in [2.05, 4.69) is 36.3 Å². The van der Waals surface area contributed by atoms with Crippen LogP contribution in [0.2, 0.25) is 0 Å². The first-order valence-corrected chi connectivity index (χ1v) is 10.9. The van der Waals surface area contributed by atoms with Gasteiger partial charge in [-0.1, -0.05) is 19.8 Å². The summed E-state index contributed by atoms with van der Waals surface area (Å²) >= 11 is 0. The molecule has 1 aliphatic carbocycles. The second-order valence-corrected chi connectivity index (χ2v) is 8.85. The van der Waals surface area contributed by atoms with Crippen molar-refractivity contribution in [2.75, 3.05) is 46.8 Å². The Labute approximate surface area is 166 Å². The minimum absolute atomic E-state index is 0.232. The monoisotopic (exact) mass is 379 g/mol. The molecule has 0 radical (unpaired) electrons. The number of carbonyl (C=O) groups excluding carboxylic acids is 1. The molecule has 6 nitrogen and oxygen atoms in total. The smallest absolute Gasteiger partial charge is 0.230 e. The molecular formula is C21H41N5O. The fraction of sp³-hybridized carbons (Fsp3) is 0.905. The Hall–Kier alpha value is -1.30. The molecule has 6 heteroatoms. The highest BCUT2D eigenvalue weighted by molar-refractivity contribution is 5.84. The molecule has 156 valence electrons. The zero-order valence-corrected chi connectivity index (χ0v) is 18.2. The molecule has 1 heterocycles. The van der Waals surface area contributed by atoms with Gasteiger partial charge in [-0.05, 0) is 52.0 Å². The Morgan fingerprint density at radius 3 is 2.56 bits per heavy atom. The topological polar surface area (TPSA) is 60.0 Å². The van der Waals surface area contributed by atoms with Gasteiger partial charge in [-0.3, -0.25) is 14.7 Å². The van der Waals surface area contributed by atoms with E-state index in [0.717, 1.165) is 50.7 Å². The predicted octanol–water partition coefficient (Wildman–Crippen LogP) is 2.31. The lowest BCUT2D eigenvalue weighted by Crippen LogP contribution is -2.49. The van der Waals surface area contributed by atoms with Gasteiger partial charge in [0.2, 0.25) is 5.91 Å². The summed E-state index contributed by atoms with van der Waals surface area (Å²) in [5.74, 6) is 1.87. The van der Waals surface area contributed by atoms with E-state index in [1.807, 2.05) is 14.1 Å². The van der Waals surface area contributed by atoms with Crippen LogP contribution in [0.4, 0.5) is 0 Å². The molecule has 2 unspecified atom stereocenters. The Morgan fingerprint density at radius 2 is 1.96 bits per heavy atom. The highest BCUT2D eigenvalue weighted by Gasteiger charge is 2.42. The Morgan fingerprint density at radius 1 is 1.26 bits per heavy atom. The molecule has 0 bridgehead atoms. The number of carbonyl (C=O) groups is 1. The lowest BCUT2D eigenvalue weighted by molar-refractivity contribution is -0.138. The van der Waals surface area contributed by atoms with E-state index >= 15 is 0 Å². The van der Waals surface area contributed by atoms with Gasteiger partial charge in [0.25, 0.3) is 0 Å². The first kappa shape index (κ1) is 22.0. The van der Waals surface area contributed by atoms with Crippen molar-refractivity contribution in [2.45, 2.75) is 65.3 Å². The number of rotatable bonds is 7. The lowest BCUT2D eigenvalue weighted by Gasteiger charge is -2.36. The van der Waals surface area contributed by atoms with Crippen LogP contribution in [0, 0.1) is 11.3 Å². The number of piperidine rings is 1. The Kier molecular flexibility index (Phi) is 8.39. The number of hydrogen-bond acceptors (Lipinski definition) is 3. The highest BCUT2D eigenvalue weighted by atomic mass is 16.2. The van der Waals surface area contributed by atoms with E-state index in [9.17, 15) is 4.79 Å². The molecule has 2 aliphatic rings. The van der Waals surface area contributed by atoms with Crippen LogP contribution in [-0.2, 0) is 4.79 Å². The third-order valence-corrected chi connectivity index (χ3v) is 6.18. The first-order chi connectivity index (χ1) is 12.9. The summed E-state index contributed by atoms with van der Waals surface area (Å²) in [4.78, 5) is 21.9. The van der Waals surface area contributed by atoms with Crippen molar-refractivity contribution in [1.29, 1.82) is 0 Å². The SMILES string of the molecule is CCNC(=NCC1(C(=O)N(C)C)CCCC1)NCC(C)N1CCCC(C)C1. The molecule has 2 fully saturated rings. The van der Waals surface area contributed by atoms with Crippen LogP contribution in [0.5, 0.6) is 0 Å². The molecule has 0 aromatic heterocycles. The van der Waals surface area contributed by atoms with Crippen molar-refractivity contribution >= 4 is 11.9 Å². The Balaban J connectivity index is 1.95. The average Bonchev–Trinajstić information content (AvgIpc) is 3.13. The second kappa shape index (κ2) is 10.3. The minimum atomic E-state index is -0.306. The third kappa shape index (κ3) is 6.09. The molecule has 1 saturated heterocycles. The van der Waals surface area contributed by atoms with E-state index < -0.39 is 0 Å². The number of hydrogen-bond donors (Lipinski definition) is 2. The molecule has 1 saturated carbocycles. The maximum Gasteiger partial charge on any atom is 0.230 e. The van der Waals surface area contributed by atoms with Gasteiger partial charge in [0, 0.05) is 39.8 Å². The van der Waals surface area contributed by atoms with Gasteiger partial charge < -0.3 is 15.5 Å². The molecule has 2 atom stereocenters. The van der Waals surface area contributed by atoms with E-state index in [1.54, 1.807) is 4.90 Å². The lowest BCUT2D eigenvalue weighted by atomic mass is 9.85. The molecule has 1 amide bonds. The van der Waals surface area contributed by atoms with Crippen molar-refractivity contribution in [3.8, 4) is 0 Å². The molecular weight excluding hydrogens is 338 g/mol. The quantitative estimate of drug-likeness (QED) is 0.526. The zero-order valence-electron chi connectivity index (χ0n) is 18.2. The summed E-state index contributed by atoms with van der Waals surface area (Å²) in [6.07, 6.45) is 6.81. The van der Waals surface area contributed by atoms with Gasteiger partial charge in [-0.15, -0.1) is 0 Å². The number of nitrogens with one attached hydrogen (secondary N) is 2. The van der Waals surface area contributed by atoms with Crippen LogP contribution < -0.4 is 10.6 Å². The maximum absolute atomic E-state index is 12.7. The van der Waals surface area contributed by atoms with Crippen LogP contribution in [0.15, 0.2) is 4.99 Å². The highest BCUT2D eigenvalue weighted by Crippen LogP contribution is 2.39.